The first-order valence-corrected chi connectivity index (χ1v) is 7.77. The fourth-order valence-electron chi connectivity index (χ4n) is 3.57. The molecule has 1 N–H and O–H groups in total. The van der Waals surface area contributed by atoms with E-state index in [0.717, 1.165) is 18.4 Å². The molecule has 4 nitrogen and oxygen atoms in total. The number of halogens is 1. The molecule has 0 atom stereocenters. The van der Waals surface area contributed by atoms with E-state index in [-0.39, 0.29) is 17.4 Å². The van der Waals surface area contributed by atoms with Crippen LogP contribution in [0.1, 0.15) is 47.2 Å². The number of carboxylic acid groups (broad SMARTS) is 1. The molecule has 0 saturated heterocycles. The summed E-state index contributed by atoms with van der Waals surface area (Å²) in [6.07, 6.45) is 2.97. The number of fused-ring (bicyclic) bond motifs is 1. The van der Waals surface area contributed by atoms with Gasteiger partial charge in [0.2, 0.25) is 0 Å². The number of hydrogen-bond donors (Lipinski definition) is 1. The summed E-state index contributed by atoms with van der Waals surface area (Å²) < 4.78 is 14.1. The van der Waals surface area contributed by atoms with E-state index < -0.39 is 11.8 Å². The van der Waals surface area contributed by atoms with Gasteiger partial charge >= 0.3 is 5.97 Å². The summed E-state index contributed by atoms with van der Waals surface area (Å²) in [6.45, 7) is 2.72. The molecule has 1 fully saturated rings. The summed E-state index contributed by atoms with van der Waals surface area (Å²) in [4.78, 5) is 25.1. The predicted molar refractivity (Wildman–Crippen MR) is 79.0 cm³/mol. The third-order valence-corrected chi connectivity index (χ3v) is 4.96. The van der Waals surface area contributed by atoms with Gasteiger partial charge in [-0.25, -0.2) is 4.39 Å². The normalized spacial score (nSPS) is 24.5. The Balaban J connectivity index is 1.65. The molecule has 1 saturated carbocycles. The Labute approximate surface area is 128 Å². The monoisotopic (exact) mass is 305 g/mol. The number of aliphatic carboxylic acids is 1. The van der Waals surface area contributed by atoms with Gasteiger partial charge in [0.15, 0.2) is 0 Å². The molecule has 3 rings (SSSR count). The number of rotatable bonds is 3. The largest absolute Gasteiger partial charge is 0.481 e. The number of carbonyl (C=O) groups is 2. The zero-order chi connectivity index (χ0) is 15.9. The lowest BCUT2D eigenvalue weighted by molar-refractivity contribution is -0.143. The average Bonchev–Trinajstić information content (AvgIpc) is 2.81. The lowest BCUT2D eigenvalue weighted by Gasteiger charge is -2.29. The van der Waals surface area contributed by atoms with Gasteiger partial charge in [-0.2, -0.15) is 0 Å². The van der Waals surface area contributed by atoms with Crippen LogP contribution in [0.2, 0.25) is 0 Å². The highest BCUT2D eigenvalue weighted by molar-refractivity contribution is 5.98. The van der Waals surface area contributed by atoms with E-state index in [1.165, 1.54) is 0 Å². The van der Waals surface area contributed by atoms with Gasteiger partial charge in [-0.05, 0) is 49.7 Å². The van der Waals surface area contributed by atoms with Crippen LogP contribution in [0.5, 0.6) is 0 Å². The zero-order valence-electron chi connectivity index (χ0n) is 12.6. The molecule has 0 bridgehead atoms. The van der Waals surface area contributed by atoms with Crippen LogP contribution in [0.15, 0.2) is 12.1 Å². The smallest absolute Gasteiger partial charge is 0.306 e. The molecule has 1 aromatic rings. The summed E-state index contributed by atoms with van der Waals surface area (Å²) in [7, 11) is 0. The Morgan fingerprint density at radius 2 is 2.00 bits per heavy atom. The first kappa shape index (κ1) is 15.0. The van der Waals surface area contributed by atoms with E-state index in [4.69, 9.17) is 5.11 Å². The van der Waals surface area contributed by atoms with Crippen molar-refractivity contribution in [3.05, 3.63) is 34.6 Å². The third-order valence-electron chi connectivity index (χ3n) is 4.96. The minimum Gasteiger partial charge on any atom is -0.481 e. The van der Waals surface area contributed by atoms with Crippen molar-refractivity contribution in [3.63, 3.8) is 0 Å². The first-order chi connectivity index (χ1) is 10.5. The number of nitrogens with zero attached hydrogens (tertiary/aromatic N) is 1. The molecule has 5 heteroatoms. The van der Waals surface area contributed by atoms with Gasteiger partial charge in [0.25, 0.3) is 5.91 Å². The topological polar surface area (TPSA) is 57.6 Å². The van der Waals surface area contributed by atoms with Gasteiger partial charge in [-0.1, -0.05) is 12.1 Å². The van der Waals surface area contributed by atoms with Crippen molar-refractivity contribution in [2.75, 3.05) is 6.54 Å². The molecular weight excluding hydrogens is 285 g/mol. The Hall–Kier alpha value is -1.91. The molecule has 1 aliphatic heterocycles. The van der Waals surface area contributed by atoms with Crippen molar-refractivity contribution in [2.24, 2.45) is 11.8 Å². The molecule has 1 heterocycles. The third kappa shape index (κ3) is 2.60. The Bertz CT molecular complexity index is 621. The average molecular weight is 305 g/mol. The fraction of sp³-hybridized carbons (Fsp3) is 0.529. The van der Waals surface area contributed by atoms with Crippen molar-refractivity contribution >= 4 is 11.9 Å². The maximum Gasteiger partial charge on any atom is 0.306 e. The van der Waals surface area contributed by atoms with Crippen molar-refractivity contribution in [3.8, 4) is 0 Å². The molecule has 118 valence electrons. The maximum atomic E-state index is 14.1. The molecule has 0 aromatic heterocycles. The van der Waals surface area contributed by atoms with Gasteiger partial charge in [-0.15, -0.1) is 0 Å². The van der Waals surface area contributed by atoms with Crippen LogP contribution >= 0.6 is 0 Å². The fourth-order valence-corrected chi connectivity index (χ4v) is 3.57. The van der Waals surface area contributed by atoms with E-state index in [0.29, 0.717) is 37.4 Å². The first-order valence-electron chi connectivity index (χ1n) is 7.77. The highest BCUT2D eigenvalue weighted by Gasteiger charge is 2.34. The van der Waals surface area contributed by atoms with Crippen LogP contribution in [0.4, 0.5) is 4.39 Å². The van der Waals surface area contributed by atoms with Gasteiger partial charge in [0, 0.05) is 13.1 Å². The van der Waals surface area contributed by atoms with E-state index in [1.807, 2.05) is 6.07 Å². The van der Waals surface area contributed by atoms with E-state index in [9.17, 15) is 14.0 Å². The summed E-state index contributed by atoms with van der Waals surface area (Å²) in [6, 6.07) is 3.54. The molecule has 1 aromatic carbocycles. The molecule has 1 amide bonds. The van der Waals surface area contributed by atoms with Crippen molar-refractivity contribution < 1.29 is 19.1 Å². The summed E-state index contributed by atoms with van der Waals surface area (Å²) in [5.41, 5.74) is 1.47. The number of carboxylic acids is 1. The maximum absolute atomic E-state index is 14.1. The van der Waals surface area contributed by atoms with Crippen LogP contribution in [-0.4, -0.2) is 28.4 Å². The van der Waals surface area contributed by atoms with Crippen LogP contribution < -0.4 is 0 Å². The second-order valence-corrected chi connectivity index (χ2v) is 6.47. The van der Waals surface area contributed by atoms with Crippen molar-refractivity contribution in [1.29, 1.82) is 0 Å². The number of aryl methyl sites for hydroxylation is 1. The second kappa shape index (κ2) is 5.71. The van der Waals surface area contributed by atoms with E-state index in [2.05, 4.69) is 0 Å². The summed E-state index contributed by atoms with van der Waals surface area (Å²) in [5.74, 6) is -1.28. The van der Waals surface area contributed by atoms with Crippen LogP contribution in [0.3, 0.4) is 0 Å². The number of carbonyl (C=O) groups excluding carboxylic acids is 1. The summed E-state index contributed by atoms with van der Waals surface area (Å²) in [5, 5.41) is 9.02. The lowest BCUT2D eigenvalue weighted by atomic mass is 9.82. The van der Waals surface area contributed by atoms with Gasteiger partial charge in [0.1, 0.15) is 5.82 Å². The molecule has 0 spiro atoms. The van der Waals surface area contributed by atoms with Crippen molar-refractivity contribution in [1.82, 2.24) is 4.90 Å². The quantitative estimate of drug-likeness (QED) is 0.934. The highest BCUT2D eigenvalue weighted by Crippen LogP contribution is 2.33. The highest BCUT2D eigenvalue weighted by atomic mass is 19.1. The van der Waals surface area contributed by atoms with Gasteiger partial charge in [-0.3, -0.25) is 9.59 Å². The SMILES string of the molecule is Cc1ccc2c(c1F)C(=O)N(C[C@H]1CC[C@H](C(=O)O)CC1)C2. The van der Waals surface area contributed by atoms with Gasteiger partial charge in [0.05, 0.1) is 11.5 Å². The Kier molecular flexibility index (Phi) is 3.89. The standard InChI is InChI=1S/C17H20FNO3/c1-10-2-5-13-9-19(16(20)14(13)15(10)18)8-11-3-6-12(7-4-11)17(21)22/h2,5,11-12H,3-4,6-9H2,1H3,(H,21,22)/t11-,12-. The molecule has 22 heavy (non-hydrogen) atoms. The molecular formula is C17H20FNO3. The number of amides is 1. The van der Waals surface area contributed by atoms with E-state index >= 15 is 0 Å². The lowest BCUT2D eigenvalue weighted by Crippen LogP contribution is -2.33. The number of hydrogen-bond acceptors (Lipinski definition) is 2. The minimum atomic E-state index is -0.722. The predicted octanol–water partition coefficient (Wildman–Crippen LogP) is 2.98. The Morgan fingerprint density at radius 3 is 2.64 bits per heavy atom. The molecule has 0 unspecified atom stereocenters. The minimum absolute atomic E-state index is 0.222. The summed E-state index contributed by atoms with van der Waals surface area (Å²) >= 11 is 0. The zero-order valence-corrected chi connectivity index (χ0v) is 12.6. The molecule has 1 aliphatic carbocycles. The second-order valence-electron chi connectivity index (χ2n) is 6.47. The van der Waals surface area contributed by atoms with Crippen LogP contribution in [0, 0.1) is 24.6 Å². The van der Waals surface area contributed by atoms with Crippen LogP contribution in [-0.2, 0) is 11.3 Å². The molecule has 0 radical (unpaired) electrons. The van der Waals surface area contributed by atoms with Crippen LogP contribution in [0.25, 0.3) is 0 Å². The Morgan fingerprint density at radius 1 is 1.32 bits per heavy atom. The van der Waals surface area contributed by atoms with E-state index in [1.54, 1.807) is 17.9 Å². The number of benzene rings is 1. The molecule has 2 aliphatic rings. The van der Waals surface area contributed by atoms with Gasteiger partial charge < -0.3 is 10.0 Å². The van der Waals surface area contributed by atoms with Crippen molar-refractivity contribution in [2.45, 2.75) is 39.2 Å².